The highest BCUT2D eigenvalue weighted by Gasteiger charge is 2.29. The molecule has 2 atom stereocenters. The van der Waals surface area contributed by atoms with Crippen LogP contribution in [-0.4, -0.2) is 39.0 Å². The molecule has 0 bridgehead atoms. The Labute approximate surface area is 124 Å². The van der Waals surface area contributed by atoms with E-state index >= 15 is 0 Å². The van der Waals surface area contributed by atoms with Crippen molar-refractivity contribution < 1.29 is 4.92 Å². The van der Waals surface area contributed by atoms with Gasteiger partial charge in [0.25, 0.3) is 0 Å². The third-order valence-corrected chi connectivity index (χ3v) is 3.89. The van der Waals surface area contributed by atoms with Crippen LogP contribution in [0.4, 0.5) is 17.5 Å². The number of aryl methyl sites for hydroxylation is 1. The van der Waals surface area contributed by atoms with E-state index in [1.807, 2.05) is 0 Å². The highest BCUT2D eigenvalue weighted by molar-refractivity contribution is 5.60. The molecule has 1 fully saturated rings. The van der Waals surface area contributed by atoms with Gasteiger partial charge in [-0.1, -0.05) is 6.42 Å². The molecular weight excluding hydrogens is 272 g/mol. The Hall–Kier alpha value is -1.96. The molecule has 2 rings (SSSR count). The van der Waals surface area contributed by atoms with Gasteiger partial charge in [0.1, 0.15) is 5.69 Å². The number of hydrogen-bond acceptors (Lipinski definition) is 7. The normalized spacial score (nSPS) is 22.9. The van der Waals surface area contributed by atoms with Crippen molar-refractivity contribution in [2.45, 2.75) is 52.1 Å². The van der Waals surface area contributed by atoms with Crippen LogP contribution in [0.1, 0.15) is 38.8 Å². The fourth-order valence-corrected chi connectivity index (χ4v) is 2.74. The molecule has 2 N–H and O–H groups in total. The first kappa shape index (κ1) is 15.4. The minimum atomic E-state index is -0.434. The van der Waals surface area contributed by atoms with Gasteiger partial charge in [-0.2, -0.15) is 4.98 Å². The number of hydrazine groups is 1. The molecule has 1 aromatic rings. The Morgan fingerprint density at radius 3 is 2.43 bits per heavy atom. The maximum atomic E-state index is 11.3. The topological polar surface area (TPSA) is 96.2 Å². The summed E-state index contributed by atoms with van der Waals surface area (Å²) in [6.45, 7) is 5.85. The molecule has 8 heteroatoms. The maximum absolute atomic E-state index is 11.3. The van der Waals surface area contributed by atoms with Crippen molar-refractivity contribution in [1.29, 1.82) is 0 Å². The first-order chi connectivity index (χ1) is 9.93. The molecule has 1 aliphatic rings. The van der Waals surface area contributed by atoms with Crippen LogP contribution in [0.15, 0.2) is 0 Å². The second-order valence-electron chi connectivity index (χ2n) is 5.48. The highest BCUT2D eigenvalue weighted by Crippen LogP contribution is 2.30. The first-order valence-electron chi connectivity index (χ1n) is 7.19. The zero-order valence-corrected chi connectivity index (χ0v) is 12.9. The lowest BCUT2D eigenvalue weighted by Gasteiger charge is -2.38. The molecule has 1 aliphatic heterocycles. The van der Waals surface area contributed by atoms with Gasteiger partial charge in [-0.05, 0) is 33.6 Å². The average Bonchev–Trinajstić information content (AvgIpc) is 2.42. The van der Waals surface area contributed by atoms with E-state index < -0.39 is 4.92 Å². The maximum Gasteiger partial charge on any atom is 0.333 e. The van der Waals surface area contributed by atoms with E-state index in [2.05, 4.69) is 39.6 Å². The van der Waals surface area contributed by atoms with Crippen LogP contribution in [0.2, 0.25) is 0 Å². The quantitative estimate of drug-likeness (QED) is 0.649. The van der Waals surface area contributed by atoms with Crippen molar-refractivity contribution in [3.05, 3.63) is 15.8 Å². The van der Waals surface area contributed by atoms with Crippen LogP contribution in [0.25, 0.3) is 0 Å². The summed E-state index contributed by atoms with van der Waals surface area (Å²) in [7, 11) is 1.69. The molecule has 0 aromatic carbocycles. The number of nitrogens with zero attached hydrogens (tertiary/aromatic N) is 4. The standard InChI is InChI=1S/C13H22N6O2/c1-8-6-5-7-9(2)18(8)17-12-11(19(20)21)10(3)15-13(14-4)16-12/h8-9H,5-7H2,1-4H3,(H2,14,15,16,17). The summed E-state index contributed by atoms with van der Waals surface area (Å²) in [5.74, 6) is 0.621. The summed E-state index contributed by atoms with van der Waals surface area (Å²) in [4.78, 5) is 19.2. The largest absolute Gasteiger partial charge is 0.357 e. The Morgan fingerprint density at radius 1 is 1.29 bits per heavy atom. The van der Waals surface area contributed by atoms with Crippen LogP contribution in [0.5, 0.6) is 0 Å². The second-order valence-corrected chi connectivity index (χ2v) is 5.48. The SMILES string of the molecule is CNc1nc(C)c([N+](=O)[O-])c(NN2C(C)CCCC2C)n1. The molecule has 21 heavy (non-hydrogen) atoms. The predicted octanol–water partition coefficient (Wildman–Crippen LogP) is 2.32. The summed E-state index contributed by atoms with van der Waals surface area (Å²) in [5, 5.41) is 16.2. The Bertz CT molecular complexity index is 526. The summed E-state index contributed by atoms with van der Waals surface area (Å²) in [6.07, 6.45) is 3.30. The third-order valence-electron chi connectivity index (χ3n) is 3.89. The molecular formula is C13H22N6O2. The van der Waals surface area contributed by atoms with Crippen molar-refractivity contribution in [3.63, 3.8) is 0 Å². The van der Waals surface area contributed by atoms with E-state index in [0.29, 0.717) is 23.7 Å². The van der Waals surface area contributed by atoms with E-state index in [9.17, 15) is 10.1 Å². The van der Waals surface area contributed by atoms with Crippen molar-refractivity contribution in [2.24, 2.45) is 0 Å². The van der Waals surface area contributed by atoms with Crippen LogP contribution in [-0.2, 0) is 0 Å². The monoisotopic (exact) mass is 294 g/mol. The summed E-state index contributed by atoms with van der Waals surface area (Å²) < 4.78 is 0. The first-order valence-corrected chi connectivity index (χ1v) is 7.19. The lowest BCUT2D eigenvalue weighted by atomic mass is 10.00. The van der Waals surface area contributed by atoms with Gasteiger partial charge in [-0.15, -0.1) is 0 Å². The molecule has 116 valence electrons. The molecule has 0 aliphatic carbocycles. The van der Waals surface area contributed by atoms with Gasteiger partial charge in [0.15, 0.2) is 0 Å². The Balaban J connectivity index is 2.37. The van der Waals surface area contributed by atoms with E-state index in [1.165, 1.54) is 6.42 Å². The second kappa shape index (κ2) is 6.21. The summed E-state index contributed by atoms with van der Waals surface area (Å²) >= 11 is 0. The van der Waals surface area contributed by atoms with E-state index in [0.717, 1.165) is 12.8 Å². The van der Waals surface area contributed by atoms with Gasteiger partial charge in [0.05, 0.1) is 4.92 Å². The molecule has 2 unspecified atom stereocenters. The van der Waals surface area contributed by atoms with Crippen LogP contribution >= 0.6 is 0 Å². The van der Waals surface area contributed by atoms with Gasteiger partial charge in [-0.25, -0.2) is 9.99 Å². The van der Waals surface area contributed by atoms with E-state index in [4.69, 9.17) is 0 Å². The summed E-state index contributed by atoms with van der Waals surface area (Å²) in [6, 6.07) is 0.614. The zero-order valence-electron chi connectivity index (χ0n) is 12.9. The molecule has 8 nitrogen and oxygen atoms in total. The van der Waals surface area contributed by atoms with E-state index in [-0.39, 0.29) is 11.5 Å². The number of rotatable bonds is 4. The fourth-order valence-electron chi connectivity index (χ4n) is 2.74. The Morgan fingerprint density at radius 2 is 1.90 bits per heavy atom. The lowest BCUT2D eigenvalue weighted by molar-refractivity contribution is -0.385. The van der Waals surface area contributed by atoms with Crippen LogP contribution in [0.3, 0.4) is 0 Å². The molecule has 1 aromatic heterocycles. The van der Waals surface area contributed by atoms with Gasteiger partial charge >= 0.3 is 5.69 Å². The third kappa shape index (κ3) is 3.21. The molecule has 2 heterocycles. The van der Waals surface area contributed by atoms with Gasteiger partial charge in [0.2, 0.25) is 11.8 Å². The lowest BCUT2D eigenvalue weighted by Crippen LogP contribution is -2.47. The summed E-state index contributed by atoms with van der Waals surface area (Å²) in [5.41, 5.74) is 3.42. The molecule has 0 saturated carbocycles. The predicted molar refractivity (Wildman–Crippen MR) is 81.2 cm³/mol. The van der Waals surface area contributed by atoms with Gasteiger partial charge in [0, 0.05) is 19.1 Å². The molecule has 0 amide bonds. The molecule has 1 saturated heterocycles. The van der Waals surface area contributed by atoms with Gasteiger partial charge < -0.3 is 5.32 Å². The fraction of sp³-hybridized carbons (Fsp3) is 0.692. The number of hydrogen-bond donors (Lipinski definition) is 2. The van der Waals surface area contributed by atoms with Crippen LogP contribution in [0, 0.1) is 17.0 Å². The van der Waals surface area contributed by atoms with Crippen molar-refractivity contribution in [1.82, 2.24) is 15.0 Å². The highest BCUT2D eigenvalue weighted by atomic mass is 16.6. The average molecular weight is 294 g/mol. The molecule has 0 radical (unpaired) electrons. The molecule has 0 spiro atoms. The van der Waals surface area contributed by atoms with Crippen molar-refractivity contribution in [2.75, 3.05) is 17.8 Å². The Kier molecular flexibility index (Phi) is 4.56. The minimum Gasteiger partial charge on any atom is -0.357 e. The van der Waals surface area contributed by atoms with E-state index in [1.54, 1.807) is 14.0 Å². The zero-order chi connectivity index (χ0) is 15.6. The number of anilines is 2. The number of nitro groups is 1. The van der Waals surface area contributed by atoms with Gasteiger partial charge in [-0.3, -0.25) is 15.5 Å². The van der Waals surface area contributed by atoms with Crippen LogP contribution < -0.4 is 10.7 Å². The minimum absolute atomic E-state index is 0.0704. The number of piperidine rings is 1. The van der Waals surface area contributed by atoms with Crippen molar-refractivity contribution in [3.8, 4) is 0 Å². The number of aromatic nitrogens is 2. The number of nitrogens with one attached hydrogen (secondary N) is 2. The van der Waals surface area contributed by atoms with Crippen molar-refractivity contribution >= 4 is 17.5 Å². The smallest absolute Gasteiger partial charge is 0.333 e.